The van der Waals surface area contributed by atoms with E-state index < -0.39 is 0 Å². The van der Waals surface area contributed by atoms with Crippen LogP contribution < -0.4 is 10.6 Å². The van der Waals surface area contributed by atoms with Crippen LogP contribution in [0.5, 0.6) is 0 Å². The summed E-state index contributed by atoms with van der Waals surface area (Å²) in [5.41, 5.74) is 3.64. The zero-order valence-corrected chi connectivity index (χ0v) is 19.9. The van der Waals surface area contributed by atoms with Crippen LogP contribution in [0, 0.1) is 5.92 Å². The smallest absolute Gasteiger partial charge is 0.230 e. The van der Waals surface area contributed by atoms with E-state index >= 15 is 0 Å². The van der Waals surface area contributed by atoms with Gasteiger partial charge in [-0.2, -0.15) is 0 Å². The zero-order valence-electron chi connectivity index (χ0n) is 19.1. The van der Waals surface area contributed by atoms with Crippen LogP contribution >= 0.6 is 11.8 Å². The van der Waals surface area contributed by atoms with E-state index in [0.717, 1.165) is 41.2 Å². The number of hydrogen-bond acceptors (Lipinski definition) is 5. The SMILES string of the molecule is O=C(CSc1nnc(-c2ccccc2)n1-c1ccccc1)NCc1ccc(NC(=O)C2CC2)cc1. The highest BCUT2D eigenvalue weighted by Crippen LogP contribution is 2.30. The Morgan fingerprint density at radius 2 is 1.57 bits per heavy atom. The lowest BCUT2D eigenvalue weighted by Gasteiger charge is -2.10. The van der Waals surface area contributed by atoms with Crippen molar-refractivity contribution in [2.24, 2.45) is 5.92 Å². The number of carbonyl (C=O) groups is 2. The summed E-state index contributed by atoms with van der Waals surface area (Å²) in [5, 5.41) is 15.3. The molecule has 1 aliphatic rings. The van der Waals surface area contributed by atoms with Crippen molar-refractivity contribution in [3.05, 3.63) is 90.5 Å². The molecule has 176 valence electrons. The van der Waals surface area contributed by atoms with Crippen LogP contribution in [0.4, 0.5) is 5.69 Å². The molecule has 1 saturated carbocycles. The number of para-hydroxylation sites is 1. The highest BCUT2D eigenvalue weighted by Gasteiger charge is 2.29. The van der Waals surface area contributed by atoms with E-state index in [-0.39, 0.29) is 23.5 Å². The average molecular weight is 484 g/mol. The second kappa shape index (κ2) is 10.6. The van der Waals surface area contributed by atoms with Gasteiger partial charge in [-0.15, -0.1) is 10.2 Å². The fourth-order valence-corrected chi connectivity index (χ4v) is 4.41. The first kappa shape index (κ1) is 22.9. The van der Waals surface area contributed by atoms with Gasteiger partial charge in [0.15, 0.2) is 11.0 Å². The van der Waals surface area contributed by atoms with Crippen molar-refractivity contribution in [1.29, 1.82) is 0 Å². The van der Waals surface area contributed by atoms with Crippen molar-refractivity contribution in [2.75, 3.05) is 11.1 Å². The third-order valence-corrected chi connectivity index (χ3v) is 6.60. The lowest BCUT2D eigenvalue weighted by molar-refractivity contribution is -0.119. The summed E-state index contributed by atoms with van der Waals surface area (Å²) in [5.74, 6) is 1.11. The summed E-state index contributed by atoms with van der Waals surface area (Å²) in [4.78, 5) is 24.4. The Hall–Kier alpha value is -3.91. The summed E-state index contributed by atoms with van der Waals surface area (Å²) >= 11 is 1.35. The lowest BCUT2D eigenvalue weighted by atomic mass is 10.2. The van der Waals surface area contributed by atoms with Crippen molar-refractivity contribution < 1.29 is 9.59 Å². The Morgan fingerprint density at radius 3 is 2.26 bits per heavy atom. The first-order valence-electron chi connectivity index (χ1n) is 11.5. The van der Waals surface area contributed by atoms with Crippen molar-refractivity contribution >= 4 is 29.3 Å². The standard InChI is InChI=1S/C27H25N5O2S/c33-24(28-17-19-11-15-22(16-12-19)29-26(34)21-13-14-21)18-35-27-31-30-25(20-7-3-1-4-8-20)32(27)23-9-5-2-6-10-23/h1-12,15-16,21H,13-14,17-18H2,(H,28,33)(H,29,34). The molecule has 5 rings (SSSR count). The number of nitrogens with one attached hydrogen (secondary N) is 2. The minimum Gasteiger partial charge on any atom is -0.351 e. The third-order valence-electron chi connectivity index (χ3n) is 5.67. The summed E-state index contributed by atoms with van der Waals surface area (Å²) in [6.07, 6.45) is 1.95. The van der Waals surface area contributed by atoms with Crippen LogP contribution in [0.15, 0.2) is 90.1 Å². The van der Waals surface area contributed by atoms with Gasteiger partial charge in [0.1, 0.15) is 0 Å². The second-order valence-corrected chi connectivity index (χ2v) is 9.31. The van der Waals surface area contributed by atoms with Crippen LogP contribution in [-0.2, 0) is 16.1 Å². The first-order valence-corrected chi connectivity index (χ1v) is 12.5. The molecule has 1 aliphatic carbocycles. The average Bonchev–Trinajstić information content (AvgIpc) is 3.67. The normalized spacial score (nSPS) is 12.8. The van der Waals surface area contributed by atoms with Crippen LogP contribution in [-0.4, -0.2) is 32.3 Å². The molecule has 1 fully saturated rings. The maximum absolute atomic E-state index is 12.6. The number of carbonyl (C=O) groups excluding carboxylic acids is 2. The second-order valence-electron chi connectivity index (χ2n) is 8.37. The maximum atomic E-state index is 12.6. The highest BCUT2D eigenvalue weighted by atomic mass is 32.2. The highest BCUT2D eigenvalue weighted by molar-refractivity contribution is 7.99. The molecule has 0 saturated heterocycles. The van der Waals surface area contributed by atoms with E-state index in [1.807, 2.05) is 89.5 Å². The van der Waals surface area contributed by atoms with Gasteiger partial charge >= 0.3 is 0 Å². The molecule has 0 bridgehead atoms. The zero-order chi connectivity index (χ0) is 24.0. The van der Waals surface area contributed by atoms with Crippen LogP contribution in [0.25, 0.3) is 17.1 Å². The molecule has 2 N–H and O–H groups in total. The van der Waals surface area contributed by atoms with Gasteiger partial charge in [0.2, 0.25) is 11.8 Å². The molecule has 3 aromatic carbocycles. The van der Waals surface area contributed by atoms with E-state index in [1.54, 1.807) is 0 Å². The first-order chi connectivity index (χ1) is 17.2. The fraction of sp³-hybridized carbons (Fsp3) is 0.185. The predicted octanol–water partition coefficient (Wildman–Crippen LogP) is 4.69. The van der Waals surface area contributed by atoms with Gasteiger partial charge in [-0.05, 0) is 42.7 Å². The van der Waals surface area contributed by atoms with Crippen LogP contribution in [0.1, 0.15) is 18.4 Å². The molecule has 2 amide bonds. The molecule has 0 unspecified atom stereocenters. The van der Waals surface area contributed by atoms with Crippen molar-refractivity contribution in [2.45, 2.75) is 24.5 Å². The number of amides is 2. The van der Waals surface area contributed by atoms with Crippen molar-refractivity contribution in [3.63, 3.8) is 0 Å². The Kier molecular flexibility index (Phi) is 6.90. The summed E-state index contributed by atoms with van der Waals surface area (Å²) in [6.45, 7) is 0.414. The van der Waals surface area contributed by atoms with Crippen LogP contribution in [0.3, 0.4) is 0 Å². The monoisotopic (exact) mass is 483 g/mol. The van der Waals surface area contributed by atoms with E-state index in [9.17, 15) is 9.59 Å². The minimum absolute atomic E-state index is 0.0850. The Morgan fingerprint density at radius 1 is 0.886 bits per heavy atom. The molecular weight excluding hydrogens is 458 g/mol. The van der Waals surface area contributed by atoms with Crippen molar-refractivity contribution in [3.8, 4) is 17.1 Å². The molecule has 0 atom stereocenters. The van der Waals surface area contributed by atoms with E-state index in [4.69, 9.17) is 0 Å². The molecular formula is C27H25N5O2S. The molecule has 7 nitrogen and oxygen atoms in total. The van der Waals surface area contributed by atoms with E-state index in [0.29, 0.717) is 11.7 Å². The lowest BCUT2D eigenvalue weighted by Crippen LogP contribution is -2.24. The molecule has 0 aliphatic heterocycles. The maximum Gasteiger partial charge on any atom is 0.230 e. The summed E-state index contributed by atoms with van der Waals surface area (Å²) < 4.78 is 1.97. The number of benzene rings is 3. The van der Waals surface area contributed by atoms with Gasteiger partial charge < -0.3 is 10.6 Å². The number of nitrogens with zero attached hydrogens (tertiary/aromatic N) is 3. The summed E-state index contributed by atoms with van der Waals surface area (Å²) in [6, 6.07) is 27.3. The minimum atomic E-state index is -0.0926. The number of hydrogen-bond donors (Lipinski definition) is 2. The Labute approximate surface area is 208 Å². The van der Waals surface area contributed by atoms with Gasteiger partial charge in [0, 0.05) is 29.4 Å². The molecule has 1 aromatic heterocycles. The Bertz CT molecular complexity index is 1300. The fourth-order valence-electron chi connectivity index (χ4n) is 3.62. The third kappa shape index (κ3) is 5.78. The van der Waals surface area contributed by atoms with Gasteiger partial charge in [0.05, 0.1) is 5.75 Å². The molecule has 35 heavy (non-hydrogen) atoms. The molecule has 1 heterocycles. The number of aromatic nitrogens is 3. The van der Waals surface area contributed by atoms with Crippen LogP contribution in [0.2, 0.25) is 0 Å². The topological polar surface area (TPSA) is 88.9 Å². The molecule has 0 spiro atoms. The summed E-state index contributed by atoms with van der Waals surface area (Å²) in [7, 11) is 0. The Balaban J connectivity index is 1.20. The number of thioether (sulfide) groups is 1. The van der Waals surface area contributed by atoms with E-state index in [2.05, 4.69) is 20.8 Å². The van der Waals surface area contributed by atoms with Gasteiger partial charge in [-0.25, -0.2) is 0 Å². The number of anilines is 1. The van der Waals surface area contributed by atoms with Gasteiger partial charge in [-0.1, -0.05) is 72.4 Å². The predicted molar refractivity (Wildman–Crippen MR) is 137 cm³/mol. The van der Waals surface area contributed by atoms with E-state index in [1.165, 1.54) is 11.8 Å². The number of rotatable bonds is 9. The largest absolute Gasteiger partial charge is 0.351 e. The molecule has 4 aromatic rings. The van der Waals surface area contributed by atoms with Gasteiger partial charge in [-0.3, -0.25) is 14.2 Å². The van der Waals surface area contributed by atoms with Crippen molar-refractivity contribution in [1.82, 2.24) is 20.1 Å². The quantitative estimate of drug-likeness (QED) is 0.337. The van der Waals surface area contributed by atoms with Gasteiger partial charge in [0.25, 0.3) is 0 Å². The molecule has 8 heteroatoms. The molecule has 0 radical (unpaired) electrons.